The van der Waals surface area contributed by atoms with Gasteiger partial charge in [-0.25, -0.2) is 4.98 Å². The van der Waals surface area contributed by atoms with Crippen molar-refractivity contribution >= 4 is 28.5 Å². The minimum atomic E-state index is -0.259. The van der Waals surface area contributed by atoms with Gasteiger partial charge in [0.2, 0.25) is 5.91 Å². The number of halogens is 1. The number of para-hydroxylation sites is 2. The highest BCUT2D eigenvalue weighted by molar-refractivity contribution is 6.31. The fraction of sp³-hybridized carbons (Fsp3) is 0.130. The molecule has 4 nitrogen and oxygen atoms in total. The van der Waals surface area contributed by atoms with Gasteiger partial charge in [-0.2, -0.15) is 0 Å². The second-order valence-corrected chi connectivity index (χ2v) is 7.12. The zero-order valence-electron chi connectivity index (χ0n) is 15.2. The van der Waals surface area contributed by atoms with Crippen molar-refractivity contribution < 1.29 is 4.79 Å². The minimum absolute atomic E-state index is 0.0884. The van der Waals surface area contributed by atoms with Crippen LogP contribution in [0.1, 0.15) is 23.0 Å². The summed E-state index contributed by atoms with van der Waals surface area (Å²) in [7, 11) is 0. The van der Waals surface area contributed by atoms with E-state index in [1.165, 1.54) is 0 Å². The van der Waals surface area contributed by atoms with E-state index in [0.29, 0.717) is 11.4 Å². The molecule has 140 valence electrons. The molecule has 0 saturated heterocycles. The molecule has 0 fully saturated rings. The number of nitrogens with one attached hydrogen (secondary N) is 2. The Hall–Kier alpha value is -3.11. The van der Waals surface area contributed by atoms with Crippen LogP contribution in [0.4, 0.5) is 0 Å². The number of amides is 1. The first-order valence-corrected chi connectivity index (χ1v) is 9.58. The second kappa shape index (κ2) is 8.28. The molecule has 4 aromatic rings. The van der Waals surface area contributed by atoms with E-state index in [9.17, 15) is 4.79 Å². The minimum Gasteiger partial charge on any atom is -0.346 e. The lowest BCUT2D eigenvalue weighted by molar-refractivity contribution is -0.121. The number of aromatic amines is 1. The second-order valence-electron chi connectivity index (χ2n) is 6.72. The molecule has 0 saturated carbocycles. The van der Waals surface area contributed by atoms with Gasteiger partial charge in [-0.15, -0.1) is 0 Å². The van der Waals surface area contributed by atoms with Gasteiger partial charge in [-0.3, -0.25) is 4.79 Å². The molecule has 0 radical (unpaired) electrons. The summed E-state index contributed by atoms with van der Waals surface area (Å²) >= 11 is 6.21. The summed E-state index contributed by atoms with van der Waals surface area (Å²) in [6.45, 7) is 0. The number of hydrogen-bond acceptors (Lipinski definition) is 2. The molecule has 1 heterocycles. The van der Waals surface area contributed by atoms with Gasteiger partial charge >= 0.3 is 0 Å². The maximum atomic E-state index is 12.7. The molecule has 2 N–H and O–H groups in total. The Morgan fingerprint density at radius 3 is 2.46 bits per heavy atom. The third-order valence-corrected chi connectivity index (χ3v) is 5.03. The fourth-order valence-electron chi connectivity index (χ4n) is 3.26. The zero-order chi connectivity index (χ0) is 19.3. The molecule has 1 aromatic heterocycles. The molecule has 1 atom stereocenters. The SMILES string of the molecule is O=C(Cc1ccccc1Cl)NC(Cc1ccccc1)c1nc2ccccc2[nH]1. The number of hydrogen-bond donors (Lipinski definition) is 2. The molecular weight excluding hydrogens is 370 g/mol. The van der Waals surface area contributed by atoms with Crippen molar-refractivity contribution in [2.75, 3.05) is 0 Å². The molecule has 3 aromatic carbocycles. The Bertz CT molecular complexity index is 1060. The number of H-pyrrole nitrogens is 1. The average Bonchev–Trinajstić information content (AvgIpc) is 3.14. The number of fused-ring (bicyclic) bond motifs is 1. The van der Waals surface area contributed by atoms with Gasteiger partial charge in [0.1, 0.15) is 5.82 Å². The maximum Gasteiger partial charge on any atom is 0.225 e. The van der Waals surface area contributed by atoms with E-state index in [1.54, 1.807) is 6.07 Å². The van der Waals surface area contributed by atoms with E-state index >= 15 is 0 Å². The van der Waals surface area contributed by atoms with Crippen molar-refractivity contribution in [3.05, 3.63) is 101 Å². The Morgan fingerprint density at radius 2 is 1.68 bits per heavy atom. The Kier molecular flexibility index (Phi) is 5.40. The van der Waals surface area contributed by atoms with Crippen molar-refractivity contribution in [3.63, 3.8) is 0 Å². The number of rotatable bonds is 6. The van der Waals surface area contributed by atoms with Gasteiger partial charge in [-0.05, 0) is 35.7 Å². The van der Waals surface area contributed by atoms with Crippen molar-refractivity contribution in [2.45, 2.75) is 18.9 Å². The number of carbonyl (C=O) groups excluding carboxylic acids is 1. The number of imidazole rings is 1. The molecule has 4 rings (SSSR count). The Labute approximate surface area is 168 Å². The summed E-state index contributed by atoms with van der Waals surface area (Å²) < 4.78 is 0. The molecule has 0 aliphatic heterocycles. The third kappa shape index (κ3) is 4.24. The van der Waals surface area contributed by atoms with Crippen LogP contribution in [-0.4, -0.2) is 15.9 Å². The quantitative estimate of drug-likeness (QED) is 0.494. The number of aromatic nitrogens is 2. The van der Waals surface area contributed by atoms with Gasteiger partial charge in [-0.1, -0.05) is 72.3 Å². The van der Waals surface area contributed by atoms with E-state index in [-0.39, 0.29) is 18.4 Å². The largest absolute Gasteiger partial charge is 0.346 e. The maximum absolute atomic E-state index is 12.7. The number of carbonyl (C=O) groups is 1. The number of nitrogens with zero attached hydrogens (tertiary/aromatic N) is 1. The van der Waals surface area contributed by atoms with Crippen molar-refractivity contribution in [2.24, 2.45) is 0 Å². The molecule has 1 amide bonds. The van der Waals surface area contributed by atoms with Crippen molar-refractivity contribution in [3.8, 4) is 0 Å². The van der Waals surface area contributed by atoms with Gasteiger partial charge in [0.05, 0.1) is 23.5 Å². The highest BCUT2D eigenvalue weighted by Gasteiger charge is 2.19. The number of benzene rings is 3. The van der Waals surface area contributed by atoms with Crippen LogP contribution < -0.4 is 5.32 Å². The van der Waals surface area contributed by atoms with E-state index in [1.807, 2.05) is 60.7 Å². The van der Waals surface area contributed by atoms with Crippen LogP contribution in [0.25, 0.3) is 11.0 Å². The molecule has 0 aliphatic rings. The lowest BCUT2D eigenvalue weighted by Gasteiger charge is -2.17. The van der Waals surface area contributed by atoms with Crippen LogP contribution in [0.3, 0.4) is 0 Å². The molecule has 1 unspecified atom stereocenters. The summed E-state index contributed by atoms with van der Waals surface area (Å²) in [6.07, 6.45) is 0.875. The van der Waals surface area contributed by atoms with Crippen LogP contribution in [0.15, 0.2) is 78.9 Å². The summed E-state index contributed by atoms with van der Waals surface area (Å²) in [5.74, 6) is 0.659. The van der Waals surface area contributed by atoms with Crippen LogP contribution in [-0.2, 0) is 17.6 Å². The highest BCUT2D eigenvalue weighted by Crippen LogP contribution is 2.21. The van der Waals surface area contributed by atoms with Gasteiger partial charge < -0.3 is 10.3 Å². The molecule has 28 heavy (non-hydrogen) atoms. The van der Waals surface area contributed by atoms with E-state index in [4.69, 9.17) is 16.6 Å². The smallest absolute Gasteiger partial charge is 0.225 e. The summed E-state index contributed by atoms with van der Waals surface area (Å²) in [5.41, 5.74) is 3.78. The predicted molar refractivity (Wildman–Crippen MR) is 112 cm³/mol. The van der Waals surface area contributed by atoms with Crippen LogP contribution in [0.2, 0.25) is 5.02 Å². The fourth-order valence-corrected chi connectivity index (χ4v) is 3.47. The van der Waals surface area contributed by atoms with Crippen LogP contribution in [0, 0.1) is 0 Å². The predicted octanol–water partition coefficient (Wildman–Crippen LogP) is 4.86. The molecule has 0 spiro atoms. The third-order valence-electron chi connectivity index (χ3n) is 4.66. The molecule has 0 bridgehead atoms. The highest BCUT2D eigenvalue weighted by atomic mass is 35.5. The Balaban J connectivity index is 1.59. The zero-order valence-corrected chi connectivity index (χ0v) is 16.0. The average molecular weight is 390 g/mol. The lowest BCUT2D eigenvalue weighted by Crippen LogP contribution is -2.32. The monoisotopic (exact) mass is 389 g/mol. The molecule has 5 heteroatoms. The summed E-state index contributed by atoms with van der Waals surface area (Å²) in [6, 6.07) is 25.1. The van der Waals surface area contributed by atoms with Crippen LogP contribution in [0.5, 0.6) is 0 Å². The van der Waals surface area contributed by atoms with E-state index < -0.39 is 0 Å². The Morgan fingerprint density at radius 1 is 0.964 bits per heavy atom. The van der Waals surface area contributed by atoms with Gasteiger partial charge in [0.25, 0.3) is 0 Å². The van der Waals surface area contributed by atoms with E-state index in [2.05, 4.69) is 22.4 Å². The normalized spacial score (nSPS) is 12.0. The summed E-state index contributed by atoms with van der Waals surface area (Å²) in [5, 5.41) is 3.73. The standard InChI is InChI=1S/C23H20ClN3O/c24-18-11-5-4-10-17(18)15-22(28)25-21(14-16-8-2-1-3-9-16)23-26-19-12-6-7-13-20(19)27-23/h1-13,21H,14-15H2,(H,25,28)(H,26,27). The topological polar surface area (TPSA) is 57.8 Å². The van der Waals surface area contributed by atoms with Crippen molar-refractivity contribution in [1.82, 2.24) is 15.3 Å². The van der Waals surface area contributed by atoms with E-state index in [0.717, 1.165) is 28.0 Å². The molecule has 0 aliphatic carbocycles. The lowest BCUT2D eigenvalue weighted by atomic mass is 10.0. The summed E-state index contributed by atoms with van der Waals surface area (Å²) in [4.78, 5) is 20.8. The van der Waals surface area contributed by atoms with Gasteiger partial charge in [0, 0.05) is 5.02 Å². The first-order valence-electron chi connectivity index (χ1n) is 9.20. The first kappa shape index (κ1) is 18.3. The van der Waals surface area contributed by atoms with Crippen molar-refractivity contribution in [1.29, 1.82) is 0 Å². The van der Waals surface area contributed by atoms with Gasteiger partial charge in [0.15, 0.2) is 0 Å². The first-order chi connectivity index (χ1) is 13.7. The molecular formula is C23H20ClN3O. The van der Waals surface area contributed by atoms with Crippen LogP contribution >= 0.6 is 11.6 Å².